The quantitative estimate of drug-likeness (QED) is 0.824. The van der Waals surface area contributed by atoms with E-state index in [0.717, 1.165) is 13.1 Å². The Labute approximate surface area is 97.9 Å². The second kappa shape index (κ2) is 4.67. The van der Waals surface area contributed by atoms with Gasteiger partial charge in [-0.05, 0) is 16.9 Å². The summed E-state index contributed by atoms with van der Waals surface area (Å²) in [5, 5.41) is 5.71. The van der Waals surface area contributed by atoms with E-state index in [2.05, 4.69) is 57.4 Å². The Morgan fingerprint density at radius 3 is 2.27 bits per heavy atom. The summed E-state index contributed by atoms with van der Waals surface area (Å²) in [7, 11) is 0. The van der Waals surface area contributed by atoms with Gasteiger partial charge in [-0.1, -0.05) is 40.7 Å². The van der Waals surface area contributed by atoms with Crippen molar-refractivity contribution >= 4 is 11.3 Å². The summed E-state index contributed by atoms with van der Waals surface area (Å²) in [6, 6.07) is 4.36. The molecule has 0 aliphatic rings. The van der Waals surface area contributed by atoms with Crippen LogP contribution in [0.5, 0.6) is 0 Å². The van der Waals surface area contributed by atoms with Crippen LogP contribution < -0.4 is 5.32 Å². The first-order chi connectivity index (χ1) is 6.81. The van der Waals surface area contributed by atoms with Crippen molar-refractivity contribution in [1.29, 1.82) is 0 Å². The fourth-order valence-corrected chi connectivity index (χ4v) is 2.35. The van der Waals surface area contributed by atoms with Crippen LogP contribution in [0.3, 0.4) is 0 Å². The highest BCUT2D eigenvalue weighted by Gasteiger charge is 2.22. The fourth-order valence-electron chi connectivity index (χ4n) is 1.50. The van der Waals surface area contributed by atoms with Crippen molar-refractivity contribution in [3.8, 4) is 0 Å². The molecule has 1 nitrogen and oxygen atoms in total. The molecule has 1 aromatic heterocycles. The lowest BCUT2D eigenvalue weighted by molar-refractivity contribution is 0.355. The zero-order valence-corrected chi connectivity index (χ0v) is 11.4. The van der Waals surface area contributed by atoms with E-state index in [1.54, 1.807) is 0 Å². The predicted octanol–water partition coefficient (Wildman–Crippen LogP) is 3.66. The molecule has 0 radical (unpaired) electrons. The molecule has 1 N–H and O–H groups in total. The average Bonchev–Trinajstić information content (AvgIpc) is 2.52. The Bertz CT molecular complexity index is 280. The van der Waals surface area contributed by atoms with Gasteiger partial charge < -0.3 is 5.32 Å². The van der Waals surface area contributed by atoms with Crippen molar-refractivity contribution in [2.45, 2.75) is 40.0 Å². The predicted molar refractivity (Wildman–Crippen MR) is 69.7 cm³/mol. The van der Waals surface area contributed by atoms with Crippen LogP contribution in [0.25, 0.3) is 0 Å². The number of hydrogen-bond acceptors (Lipinski definition) is 2. The molecule has 0 aromatic carbocycles. The highest BCUT2D eigenvalue weighted by atomic mass is 32.1. The molecule has 1 aromatic rings. The van der Waals surface area contributed by atoms with Crippen LogP contribution in [0.4, 0.5) is 0 Å². The van der Waals surface area contributed by atoms with Gasteiger partial charge >= 0.3 is 0 Å². The van der Waals surface area contributed by atoms with Crippen molar-refractivity contribution in [3.05, 3.63) is 22.4 Å². The lowest BCUT2D eigenvalue weighted by Gasteiger charge is -2.27. The van der Waals surface area contributed by atoms with E-state index in [4.69, 9.17) is 0 Å². The summed E-state index contributed by atoms with van der Waals surface area (Å²) < 4.78 is 0. The second-order valence-electron chi connectivity index (χ2n) is 6.03. The van der Waals surface area contributed by atoms with Gasteiger partial charge in [0.15, 0.2) is 0 Å². The van der Waals surface area contributed by atoms with Gasteiger partial charge in [0.1, 0.15) is 0 Å². The minimum Gasteiger partial charge on any atom is -0.315 e. The highest BCUT2D eigenvalue weighted by Crippen LogP contribution is 2.26. The number of rotatable bonds is 4. The minimum atomic E-state index is 0.249. The van der Waals surface area contributed by atoms with Crippen LogP contribution in [-0.4, -0.2) is 13.1 Å². The molecular formula is C13H23NS. The van der Waals surface area contributed by atoms with Crippen LogP contribution in [0.15, 0.2) is 17.5 Å². The van der Waals surface area contributed by atoms with Gasteiger partial charge in [0.25, 0.3) is 0 Å². The van der Waals surface area contributed by atoms with Gasteiger partial charge in [0.2, 0.25) is 0 Å². The molecule has 1 heterocycles. The van der Waals surface area contributed by atoms with E-state index >= 15 is 0 Å². The van der Waals surface area contributed by atoms with Crippen LogP contribution in [-0.2, 0) is 5.41 Å². The lowest BCUT2D eigenvalue weighted by Crippen LogP contribution is -2.36. The summed E-state index contributed by atoms with van der Waals surface area (Å²) in [4.78, 5) is 1.46. The molecule has 15 heavy (non-hydrogen) atoms. The Balaban J connectivity index is 2.44. The lowest BCUT2D eigenvalue weighted by atomic mass is 9.90. The monoisotopic (exact) mass is 225 g/mol. The van der Waals surface area contributed by atoms with E-state index in [1.807, 2.05) is 11.3 Å². The maximum absolute atomic E-state index is 3.56. The van der Waals surface area contributed by atoms with Crippen molar-refractivity contribution in [1.82, 2.24) is 5.32 Å². The molecule has 86 valence electrons. The first-order valence-corrected chi connectivity index (χ1v) is 6.44. The third-order valence-electron chi connectivity index (χ3n) is 2.41. The van der Waals surface area contributed by atoms with E-state index in [1.165, 1.54) is 4.88 Å². The maximum Gasteiger partial charge on any atom is 0.0115 e. The molecule has 0 atom stereocenters. The first kappa shape index (κ1) is 12.7. The van der Waals surface area contributed by atoms with Crippen LogP contribution >= 0.6 is 11.3 Å². The van der Waals surface area contributed by atoms with Gasteiger partial charge in [-0.15, -0.1) is 11.3 Å². The zero-order valence-electron chi connectivity index (χ0n) is 10.6. The van der Waals surface area contributed by atoms with Crippen molar-refractivity contribution < 1.29 is 0 Å². The SMILES string of the molecule is CC(C)(C)CNCC(C)(C)c1cccs1. The Kier molecular flexibility index (Phi) is 3.96. The number of thiophene rings is 1. The van der Waals surface area contributed by atoms with Crippen molar-refractivity contribution in [3.63, 3.8) is 0 Å². The molecule has 0 aliphatic heterocycles. The average molecular weight is 225 g/mol. The molecule has 0 spiro atoms. The van der Waals surface area contributed by atoms with Gasteiger partial charge in [0, 0.05) is 23.4 Å². The normalized spacial score (nSPS) is 13.1. The molecule has 0 unspecified atom stereocenters. The molecule has 0 saturated carbocycles. The zero-order chi connectivity index (χ0) is 11.5. The summed E-state index contributed by atoms with van der Waals surface area (Å²) >= 11 is 1.85. The third kappa shape index (κ3) is 4.35. The summed E-state index contributed by atoms with van der Waals surface area (Å²) in [5.41, 5.74) is 0.616. The summed E-state index contributed by atoms with van der Waals surface area (Å²) in [6.45, 7) is 13.5. The van der Waals surface area contributed by atoms with E-state index in [-0.39, 0.29) is 5.41 Å². The molecule has 0 bridgehead atoms. The second-order valence-corrected chi connectivity index (χ2v) is 6.97. The van der Waals surface area contributed by atoms with Crippen LogP contribution in [0.1, 0.15) is 39.5 Å². The summed E-state index contributed by atoms with van der Waals surface area (Å²) in [6.07, 6.45) is 0. The topological polar surface area (TPSA) is 12.0 Å². The smallest absolute Gasteiger partial charge is 0.0115 e. The van der Waals surface area contributed by atoms with E-state index < -0.39 is 0 Å². The first-order valence-electron chi connectivity index (χ1n) is 5.56. The molecule has 0 amide bonds. The minimum absolute atomic E-state index is 0.249. The molecule has 0 fully saturated rings. The van der Waals surface area contributed by atoms with Gasteiger partial charge in [-0.25, -0.2) is 0 Å². The Morgan fingerprint density at radius 1 is 1.13 bits per heavy atom. The van der Waals surface area contributed by atoms with Gasteiger partial charge in [0.05, 0.1) is 0 Å². The molecule has 0 aliphatic carbocycles. The molecule has 1 rings (SSSR count). The van der Waals surface area contributed by atoms with Crippen LogP contribution in [0.2, 0.25) is 0 Å². The largest absolute Gasteiger partial charge is 0.315 e. The van der Waals surface area contributed by atoms with Crippen molar-refractivity contribution in [2.24, 2.45) is 5.41 Å². The van der Waals surface area contributed by atoms with Gasteiger partial charge in [-0.2, -0.15) is 0 Å². The number of hydrogen-bond donors (Lipinski definition) is 1. The highest BCUT2D eigenvalue weighted by molar-refractivity contribution is 7.10. The van der Waals surface area contributed by atoms with E-state index in [9.17, 15) is 0 Å². The standard InChI is InChI=1S/C13H23NS/c1-12(2,3)9-14-10-13(4,5)11-7-6-8-15-11/h6-8,14H,9-10H2,1-5H3. The van der Waals surface area contributed by atoms with E-state index in [0.29, 0.717) is 5.41 Å². The van der Waals surface area contributed by atoms with Crippen molar-refractivity contribution in [2.75, 3.05) is 13.1 Å². The van der Waals surface area contributed by atoms with Crippen LogP contribution in [0, 0.1) is 5.41 Å². The maximum atomic E-state index is 3.56. The fraction of sp³-hybridized carbons (Fsp3) is 0.692. The third-order valence-corrected chi connectivity index (χ3v) is 3.65. The molecular weight excluding hydrogens is 202 g/mol. The molecule has 2 heteroatoms. The summed E-state index contributed by atoms with van der Waals surface area (Å²) in [5.74, 6) is 0. The Hall–Kier alpha value is -0.340. The Morgan fingerprint density at radius 2 is 1.80 bits per heavy atom. The molecule has 0 saturated heterocycles. The number of nitrogens with one attached hydrogen (secondary N) is 1. The van der Waals surface area contributed by atoms with Gasteiger partial charge in [-0.3, -0.25) is 0 Å².